The number of carbonyl (C=O) groups excluding carboxylic acids is 2. The van der Waals surface area contributed by atoms with Gasteiger partial charge >= 0.3 is 0 Å². The number of fused-ring (bicyclic) bond motifs is 1. The van der Waals surface area contributed by atoms with Crippen molar-refractivity contribution in [3.8, 4) is 10.9 Å². The lowest BCUT2D eigenvalue weighted by Crippen LogP contribution is -2.49. The van der Waals surface area contributed by atoms with Crippen LogP contribution in [-0.2, 0) is 4.79 Å². The molecule has 2 N–H and O–H groups in total. The number of para-hydroxylation sites is 1. The Hall–Kier alpha value is -3.50. The maximum atomic E-state index is 15.1. The first-order chi connectivity index (χ1) is 16.8. The van der Waals surface area contributed by atoms with Gasteiger partial charge in [-0.2, -0.15) is 5.10 Å². The fourth-order valence-electron chi connectivity index (χ4n) is 3.91. The molecule has 2 amide bonds. The minimum Gasteiger partial charge on any atom is -0.473 e. The van der Waals surface area contributed by atoms with Gasteiger partial charge in [0.15, 0.2) is 5.15 Å². The van der Waals surface area contributed by atoms with Gasteiger partial charge in [0.25, 0.3) is 11.1 Å². The molecule has 11 heteroatoms. The summed E-state index contributed by atoms with van der Waals surface area (Å²) in [5, 5.41) is 11.4. The maximum absolute atomic E-state index is 15.1. The van der Waals surface area contributed by atoms with Crippen molar-refractivity contribution < 1.29 is 18.7 Å². The van der Waals surface area contributed by atoms with Gasteiger partial charge in [-0.15, -0.1) is 0 Å². The summed E-state index contributed by atoms with van der Waals surface area (Å²) in [5.74, 6) is -1.24. The highest BCUT2D eigenvalue weighted by molar-refractivity contribution is 7.15. The Morgan fingerprint density at radius 1 is 1.26 bits per heavy atom. The van der Waals surface area contributed by atoms with Crippen LogP contribution in [-0.4, -0.2) is 39.2 Å². The Morgan fingerprint density at radius 3 is 2.71 bits per heavy atom. The molecular weight excluding hydrogens is 493 g/mol. The van der Waals surface area contributed by atoms with Crippen LogP contribution in [0.3, 0.4) is 0 Å². The van der Waals surface area contributed by atoms with Crippen LogP contribution < -0.4 is 15.4 Å². The molecule has 1 saturated carbocycles. The van der Waals surface area contributed by atoms with Gasteiger partial charge in [-0.05, 0) is 44.0 Å². The van der Waals surface area contributed by atoms with Crippen LogP contribution in [0.15, 0.2) is 48.7 Å². The number of carbonyl (C=O) groups is 2. The first kappa shape index (κ1) is 23.3. The number of nitrogens with one attached hydrogen (secondary N) is 2. The van der Waals surface area contributed by atoms with Gasteiger partial charge in [0, 0.05) is 10.9 Å². The van der Waals surface area contributed by atoms with Crippen LogP contribution in [0.2, 0.25) is 5.15 Å². The van der Waals surface area contributed by atoms with E-state index < -0.39 is 23.3 Å². The van der Waals surface area contributed by atoms with Gasteiger partial charge in [-0.1, -0.05) is 41.1 Å². The summed E-state index contributed by atoms with van der Waals surface area (Å²) in [6.45, 7) is 1.70. The second kappa shape index (κ2) is 8.94. The molecule has 0 aliphatic heterocycles. The highest BCUT2D eigenvalue weighted by Crippen LogP contribution is 2.37. The maximum Gasteiger partial charge on any atom is 0.273 e. The van der Waals surface area contributed by atoms with Crippen LogP contribution in [0.1, 0.15) is 41.0 Å². The minimum atomic E-state index is -1.01. The van der Waals surface area contributed by atoms with Gasteiger partial charge in [0.1, 0.15) is 16.2 Å². The molecule has 180 valence electrons. The summed E-state index contributed by atoms with van der Waals surface area (Å²) in [6, 6.07) is 11.5. The van der Waals surface area contributed by atoms with Crippen molar-refractivity contribution in [3.63, 3.8) is 0 Å². The topological polar surface area (TPSA) is 98.1 Å². The largest absolute Gasteiger partial charge is 0.473 e. The second-order valence-electron chi connectivity index (χ2n) is 8.35. The SMILES string of the molecule is COc1ncc(C(=O)NC2(C(=O)N[C@H](C)c3ccc(-n4nc(Cl)c5ccccc54)cc3F)CC2)s1. The predicted octanol–water partition coefficient (Wildman–Crippen LogP) is 4.42. The minimum absolute atomic E-state index is 0.318. The number of halogens is 2. The fraction of sp³-hybridized carbons (Fsp3) is 0.250. The van der Waals surface area contributed by atoms with Crippen LogP contribution in [0.5, 0.6) is 5.19 Å². The summed E-state index contributed by atoms with van der Waals surface area (Å²) in [4.78, 5) is 29.9. The smallest absolute Gasteiger partial charge is 0.273 e. The number of methoxy groups -OCH3 is 1. The third-order valence-electron chi connectivity index (χ3n) is 6.01. The first-order valence-electron chi connectivity index (χ1n) is 10.9. The van der Waals surface area contributed by atoms with Crippen LogP contribution in [0.4, 0.5) is 4.39 Å². The number of thiazole rings is 1. The van der Waals surface area contributed by atoms with E-state index in [1.165, 1.54) is 19.4 Å². The number of nitrogens with zero attached hydrogens (tertiary/aromatic N) is 3. The third-order valence-corrected chi connectivity index (χ3v) is 7.24. The highest BCUT2D eigenvalue weighted by atomic mass is 35.5. The van der Waals surface area contributed by atoms with Crippen molar-refractivity contribution in [1.29, 1.82) is 0 Å². The van der Waals surface area contributed by atoms with E-state index in [0.717, 1.165) is 22.2 Å². The van der Waals surface area contributed by atoms with E-state index in [0.29, 0.717) is 39.3 Å². The molecule has 8 nitrogen and oxygen atoms in total. The molecule has 2 aromatic carbocycles. The molecule has 1 aliphatic carbocycles. The molecule has 0 radical (unpaired) electrons. The molecule has 4 aromatic rings. The number of rotatable bonds is 7. The van der Waals surface area contributed by atoms with E-state index in [2.05, 4.69) is 20.7 Å². The summed E-state index contributed by atoms with van der Waals surface area (Å²) >= 11 is 7.32. The Bertz CT molecular complexity index is 1450. The van der Waals surface area contributed by atoms with Crippen molar-refractivity contribution in [2.24, 2.45) is 0 Å². The molecule has 1 fully saturated rings. The van der Waals surface area contributed by atoms with Crippen molar-refractivity contribution in [3.05, 3.63) is 70.1 Å². The standard InChI is InChI=1S/C24H21ClFN5O3S/c1-13(28-22(33)24(9-10-24)29-21(32)19-12-27-23(34-2)35-19)15-8-7-14(11-17(15)26)31-18-6-4-3-5-16(18)20(25)30-31/h3-8,11-13H,9-10H2,1-2H3,(H,28,33)(H,29,32)/t13-/m1/s1. The van der Waals surface area contributed by atoms with Crippen molar-refractivity contribution >= 4 is 45.7 Å². The Morgan fingerprint density at radius 2 is 2.03 bits per heavy atom. The third kappa shape index (κ3) is 4.35. The molecular formula is C24H21ClFN5O3S. The summed E-state index contributed by atoms with van der Waals surface area (Å²) < 4.78 is 21.7. The van der Waals surface area contributed by atoms with Gasteiger partial charge < -0.3 is 15.4 Å². The predicted molar refractivity (Wildman–Crippen MR) is 131 cm³/mol. The molecule has 35 heavy (non-hydrogen) atoms. The average Bonchev–Trinajstić information content (AvgIpc) is 3.33. The Labute approximate surface area is 209 Å². The van der Waals surface area contributed by atoms with E-state index in [1.54, 1.807) is 23.7 Å². The molecule has 0 saturated heterocycles. The van der Waals surface area contributed by atoms with Gasteiger partial charge in [0.05, 0.1) is 30.6 Å². The molecule has 2 aromatic heterocycles. The Balaban J connectivity index is 1.30. The van der Waals surface area contributed by atoms with Crippen LogP contribution in [0.25, 0.3) is 16.6 Å². The molecule has 0 spiro atoms. The zero-order valence-corrected chi connectivity index (χ0v) is 20.4. The van der Waals surface area contributed by atoms with Crippen molar-refractivity contribution in [1.82, 2.24) is 25.4 Å². The number of benzene rings is 2. The van der Waals surface area contributed by atoms with E-state index >= 15 is 4.39 Å². The second-order valence-corrected chi connectivity index (χ2v) is 9.70. The fourth-order valence-corrected chi connectivity index (χ4v) is 4.77. The van der Waals surface area contributed by atoms with Crippen LogP contribution >= 0.6 is 22.9 Å². The van der Waals surface area contributed by atoms with Gasteiger partial charge in [-0.25, -0.2) is 14.1 Å². The van der Waals surface area contributed by atoms with E-state index in [-0.39, 0.29) is 5.91 Å². The average molecular weight is 514 g/mol. The van der Waals surface area contributed by atoms with E-state index in [4.69, 9.17) is 16.3 Å². The summed E-state index contributed by atoms with van der Waals surface area (Å²) in [6.07, 6.45) is 2.41. The Kier molecular flexibility index (Phi) is 5.94. The molecule has 1 atom stereocenters. The number of amides is 2. The van der Waals surface area contributed by atoms with Crippen molar-refractivity contribution in [2.75, 3.05) is 7.11 Å². The van der Waals surface area contributed by atoms with Crippen LogP contribution in [0, 0.1) is 5.82 Å². The number of aromatic nitrogens is 3. The lowest BCUT2D eigenvalue weighted by atomic mass is 10.1. The van der Waals surface area contributed by atoms with E-state index in [1.807, 2.05) is 24.3 Å². The lowest BCUT2D eigenvalue weighted by Gasteiger charge is -2.21. The normalized spacial score (nSPS) is 15.0. The molecule has 2 heterocycles. The zero-order chi connectivity index (χ0) is 24.7. The molecule has 1 aliphatic rings. The number of hydrogen-bond acceptors (Lipinski definition) is 6. The zero-order valence-electron chi connectivity index (χ0n) is 18.8. The molecule has 5 rings (SSSR count). The van der Waals surface area contributed by atoms with E-state index in [9.17, 15) is 9.59 Å². The first-order valence-corrected chi connectivity index (χ1v) is 12.1. The van der Waals surface area contributed by atoms with Crippen molar-refractivity contribution in [2.45, 2.75) is 31.3 Å². The highest BCUT2D eigenvalue weighted by Gasteiger charge is 2.51. The monoisotopic (exact) mass is 513 g/mol. The quantitative estimate of drug-likeness (QED) is 0.381. The molecule has 0 bridgehead atoms. The van der Waals surface area contributed by atoms with Gasteiger partial charge in [0.2, 0.25) is 5.91 Å². The summed E-state index contributed by atoms with van der Waals surface area (Å²) in [5.41, 5.74) is 0.581. The number of hydrogen-bond donors (Lipinski definition) is 2. The lowest BCUT2D eigenvalue weighted by molar-refractivity contribution is -0.124. The summed E-state index contributed by atoms with van der Waals surface area (Å²) in [7, 11) is 1.47. The number of ether oxygens (including phenoxy) is 1. The molecule has 0 unspecified atom stereocenters. The van der Waals surface area contributed by atoms with Gasteiger partial charge in [-0.3, -0.25) is 9.59 Å².